The van der Waals surface area contributed by atoms with Gasteiger partial charge in [-0.05, 0) is 23.8 Å². The molecule has 0 N–H and O–H groups in total. The Morgan fingerprint density at radius 3 is 1.96 bits per heavy atom. The number of benzene rings is 2. The Balaban J connectivity index is 2.45. The van der Waals surface area contributed by atoms with E-state index in [1.165, 1.54) is 6.07 Å². The number of hydrogen-bond donors (Lipinski definition) is 0. The lowest BCUT2D eigenvalue weighted by Gasteiger charge is -2.17. The third-order valence-electron chi connectivity index (χ3n) is 3.74. The van der Waals surface area contributed by atoms with Crippen molar-refractivity contribution in [3.05, 3.63) is 70.8 Å². The van der Waals surface area contributed by atoms with Gasteiger partial charge in [0.05, 0.1) is 17.0 Å². The molecule has 0 spiro atoms. The van der Waals surface area contributed by atoms with E-state index in [-0.39, 0.29) is 11.1 Å². The average Bonchev–Trinajstić information content (AvgIpc) is 2.58. The zero-order chi connectivity index (χ0) is 19.5. The molecule has 0 fully saturated rings. The van der Waals surface area contributed by atoms with Crippen LogP contribution in [-0.2, 0) is 17.1 Å². The summed E-state index contributed by atoms with van der Waals surface area (Å²) in [4.78, 5) is 23.4. The maximum absolute atomic E-state index is 12.8. The summed E-state index contributed by atoms with van der Waals surface area (Å²) in [5.41, 5.74) is -2.49. The van der Waals surface area contributed by atoms with Gasteiger partial charge in [-0.25, -0.2) is 0 Å². The van der Waals surface area contributed by atoms with Crippen molar-refractivity contribution in [2.45, 2.75) is 24.7 Å². The first-order chi connectivity index (χ1) is 12.0. The van der Waals surface area contributed by atoms with Crippen LogP contribution in [0.4, 0.5) is 26.3 Å². The van der Waals surface area contributed by atoms with Crippen molar-refractivity contribution in [2.24, 2.45) is 0 Å². The number of aldehydes is 1. The molecule has 0 saturated heterocycles. The highest BCUT2D eigenvalue weighted by atomic mass is 19.4. The molecule has 0 aliphatic heterocycles. The van der Waals surface area contributed by atoms with E-state index in [0.29, 0.717) is 12.4 Å². The van der Waals surface area contributed by atoms with Crippen LogP contribution in [0.1, 0.15) is 39.4 Å². The number of ketones is 1. The normalized spacial score (nSPS) is 13.3. The largest absolute Gasteiger partial charge is 0.416 e. The Morgan fingerprint density at radius 1 is 0.885 bits per heavy atom. The number of hydrogen-bond acceptors (Lipinski definition) is 2. The van der Waals surface area contributed by atoms with Crippen LogP contribution < -0.4 is 0 Å². The van der Waals surface area contributed by atoms with Gasteiger partial charge in [-0.3, -0.25) is 4.79 Å². The first kappa shape index (κ1) is 19.7. The maximum atomic E-state index is 12.8. The predicted molar refractivity (Wildman–Crippen MR) is 80.6 cm³/mol. The van der Waals surface area contributed by atoms with E-state index >= 15 is 0 Å². The fourth-order valence-corrected chi connectivity index (χ4v) is 2.47. The molecule has 1 unspecified atom stereocenters. The Labute approximate surface area is 144 Å². The number of Topliss-reactive ketones (excluding diaryl/α,β-unsaturated/α-hetero) is 1. The lowest BCUT2D eigenvalue weighted by atomic mass is 9.87. The highest BCUT2D eigenvalue weighted by Crippen LogP contribution is 2.34. The SMILES string of the molecule is O=CCC(C(=O)c1cccc(C(F)(F)F)c1)c1cccc(C(F)(F)F)c1. The number of carbonyl (C=O) groups is 2. The van der Waals surface area contributed by atoms with E-state index in [1.54, 1.807) is 0 Å². The van der Waals surface area contributed by atoms with Gasteiger partial charge in [0.25, 0.3) is 0 Å². The molecule has 0 aliphatic rings. The summed E-state index contributed by atoms with van der Waals surface area (Å²) in [6.07, 6.45) is -9.43. The third kappa shape index (κ3) is 4.50. The summed E-state index contributed by atoms with van der Waals surface area (Å²) in [6, 6.07) is 7.38. The Kier molecular flexibility index (Phi) is 5.53. The quantitative estimate of drug-likeness (QED) is 0.405. The fraction of sp³-hybridized carbons (Fsp3) is 0.222. The second kappa shape index (κ2) is 7.31. The van der Waals surface area contributed by atoms with E-state index in [0.717, 1.165) is 36.4 Å². The maximum Gasteiger partial charge on any atom is 0.416 e. The van der Waals surface area contributed by atoms with Gasteiger partial charge in [-0.1, -0.05) is 30.3 Å². The van der Waals surface area contributed by atoms with Crippen LogP contribution in [0.15, 0.2) is 48.5 Å². The second-order valence-corrected chi connectivity index (χ2v) is 5.52. The predicted octanol–water partition coefficient (Wildman–Crippen LogP) is 5.28. The van der Waals surface area contributed by atoms with Gasteiger partial charge >= 0.3 is 12.4 Å². The van der Waals surface area contributed by atoms with Gasteiger partial charge in [0.1, 0.15) is 6.29 Å². The Morgan fingerprint density at radius 2 is 1.42 bits per heavy atom. The van der Waals surface area contributed by atoms with Gasteiger partial charge in [0, 0.05) is 12.0 Å². The van der Waals surface area contributed by atoms with Crippen molar-refractivity contribution in [1.82, 2.24) is 0 Å². The van der Waals surface area contributed by atoms with Crippen LogP contribution in [0.25, 0.3) is 0 Å². The van der Waals surface area contributed by atoms with Crippen LogP contribution in [0, 0.1) is 0 Å². The summed E-state index contributed by atoms with van der Waals surface area (Å²) in [5.74, 6) is -2.17. The van der Waals surface area contributed by atoms with Gasteiger partial charge in [0.15, 0.2) is 5.78 Å². The molecule has 0 radical (unpaired) electrons. The molecule has 2 rings (SSSR count). The highest BCUT2D eigenvalue weighted by Gasteiger charge is 2.33. The van der Waals surface area contributed by atoms with Crippen molar-refractivity contribution in [1.29, 1.82) is 0 Å². The van der Waals surface area contributed by atoms with E-state index in [9.17, 15) is 35.9 Å². The van der Waals surface area contributed by atoms with Crippen LogP contribution in [0.3, 0.4) is 0 Å². The molecule has 138 valence electrons. The number of carbonyl (C=O) groups excluding carboxylic acids is 2. The fourth-order valence-electron chi connectivity index (χ4n) is 2.47. The minimum atomic E-state index is -4.67. The standard InChI is InChI=1S/C18H12F6O2/c19-17(20,21)13-5-1-3-11(9-13)15(7-8-25)16(26)12-4-2-6-14(10-12)18(22,23)24/h1-6,8-10,15H,7H2. The average molecular weight is 374 g/mol. The lowest BCUT2D eigenvalue weighted by Crippen LogP contribution is -2.16. The number of alkyl halides is 6. The summed E-state index contributed by atoms with van der Waals surface area (Å²) in [5, 5.41) is 0. The van der Waals surface area contributed by atoms with Crippen molar-refractivity contribution in [3.63, 3.8) is 0 Å². The molecule has 8 heteroatoms. The van der Waals surface area contributed by atoms with E-state index in [4.69, 9.17) is 0 Å². The molecular weight excluding hydrogens is 362 g/mol. The first-order valence-corrected chi connectivity index (χ1v) is 7.36. The first-order valence-electron chi connectivity index (χ1n) is 7.36. The molecule has 0 aromatic heterocycles. The van der Waals surface area contributed by atoms with Crippen molar-refractivity contribution in [3.8, 4) is 0 Å². The van der Waals surface area contributed by atoms with Crippen molar-refractivity contribution < 1.29 is 35.9 Å². The van der Waals surface area contributed by atoms with Gasteiger partial charge in [-0.2, -0.15) is 26.3 Å². The van der Waals surface area contributed by atoms with Crippen LogP contribution >= 0.6 is 0 Å². The summed E-state index contributed by atoms with van der Waals surface area (Å²) >= 11 is 0. The summed E-state index contributed by atoms with van der Waals surface area (Å²) in [7, 11) is 0. The molecule has 26 heavy (non-hydrogen) atoms. The zero-order valence-electron chi connectivity index (χ0n) is 13.1. The monoisotopic (exact) mass is 374 g/mol. The molecule has 2 aromatic rings. The van der Waals surface area contributed by atoms with E-state index in [2.05, 4.69) is 0 Å². The molecule has 0 bridgehead atoms. The summed E-state index contributed by atoms with van der Waals surface area (Å²) in [6.45, 7) is 0. The third-order valence-corrected chi connectivity index (χ3v) is 3.74. The van der Waals surface area contributed by atoms with Crippen molar-refractivity contribution >= 4 is 12.1 Å². The molecule has 2 aromatic carbocycles. The van der Waals surface area contributed by atoms with Crippen molar-refractivity contribution in [2.75, 3.05) is 0 Å². The second-order valence-electron chi connectivity index (χ2n) is 5.52. The van der Waals surface area contributed by atoms with E-state index < -0.39 is 41.6 Å². The minimum absolute atomic E-state index is 0.0886. The van der Waals surface area contributed by atoms with Crippen LogP contribution in [0.5, 0.6) is 0 Å². The zero-order valence-corrected chi connectivity index (χ0v) is 13.1. The molecule has 1 atom stereocenters. The minimum Gasteiger partial charge on any atom is -0.303 e. The Hall–Kier alpha value is -2.64. The number of rotatable bonds is 5. The lowest BCUT2D eigenvalue weighted by molar-refractivity contribution is -0.138. The topological polar surface area (TPSA) is 34.1 Å². The van der Waals surface area contributed by atoms with Crippen LogP contribution in [-0.4, -0.2) is 12.1 Å². The molecular formula is C18H12F6O2. The molecule has 0 amide bonds. The smallest absolute Gasteiger partial charge is 0.303 e. The van der Waals surface area contributed by atoms with Crippen LogP contribution in [0.2, 0.25) is 0 Å². The molecule has 0 saturated carbocycles. The Bertz CT molecular complexity index is 808. The molecule has 0 aliphatic carbocycles. The van der Waals surface area contributed by atoms with Gasteiger partial charge in [0.2, 0.25) is 0 Å². The highest BCUT2D eigenvalue weighted by molar-refractivity contribution is 6.02. The summed E-state index contributed by atoms with van der Waals surface area (Å²) < 4.78 is 76.9. The van der Waals surface area contributed by atoms with Gasteiger partial charge in [-0.15, -0.1) is 0 Å². The number of halogens is 6. The molecule has 2 nitrogen and oxygen atoms in total. The molecule has 0 heterocycles. The van der Waals surface area contributed by atoms with E-state index in [1.807, 2.05) is 0 Å². The van der Waals surface area contributed by atoms with Gasteiger partial charge < -0.3 is 4.79 Å².